The van der Waals surface area contributed by atoms with Crippen molar-refractivity contribution in [3.8, 4) is 0 Å². The van der Waals surface area contributed by atoms with Crippen LogP contribution < -0.4 is 0 Å². The second kappa shape index (κ2) is 2.05. The van der Waals surface area contributed by atoms with Gasteiger partial charge in [0.05, 0.1) is 0 Å². The third kappa shape index (κ3) is 0.826. The molecule has 0 aromatic carbocycles. The Balaban J connectivity index is 1.95. The lowest BCUT2D eigenvalue weighted by Crippen LogP contribution is -2.59. The first kappa shape index (κ1) is 7.34. The van der Waals surface area contributed by atoms with Crippen LogP contribution in [-0.2, 0) is 0 Å². The summed E-state index contributed by atoms with van der Waals surface area (Å²) in [5.41, 5.74) is 0.579. The van der Waals surface area contributed by atoms with Crippen molar-refractivity contribution >= 4 is 0 Å². The molecule has 2 heterocycles. The van der Waals surface area contributed by atoms with Gasteiger partial charge in [0, 0.05) is 12.1 Å². The fraction of sp³-hybridized carbons (Fsp3) is 1.00. The molecular formula is C10H17NO. The van der Waals surface area contributed by atoms with Gasteiger partial charge in [-0.3, -0.25) is 0 Å². The average molecular weight is 167 g/mol. The van der Waals surface area contributed by atoms with Gasteiger partial charge >= 0.3 is 0 Å². The van der Waals surface area contributed by atoms with Gasteiger partial charge in [-0.15, -0.1) is 0 Å². The van der Waals surface area contributed by atoms with E-state index in [0.717, 1.165) is 5.92 Å². The lowest BCUT2D eigenvalue weighted by Gasteiger charge is -2.58. The molecule has 4 aliphatic rings. The Hall–Kier alpha value is -0.0800. The zero-order valence-corrected chi connectivity index (χ0v) is 7.66. The van der Waals surface area contributed by atoms with Crippen molar-refractivity contribution < 1.29 is 5.21 Å². The average Bonchev–Trinajstić information content (AvgIpc) is 1.96. The van der Waals surface area contributed by atoms with Gasteiger partial charge in [-0.1, -0.05) is 6.92 Å². The standard InChI is InChI=1S/C10H17NO/c1-10-4-7-2-8(5-10)11(12)9(3-7)6-10/h7-9,12H,2-6H2,1H3. The monoisotopic (exact) mass is 167 g/mol. The Bertz CT molecular complexity index is 200. The number of rotatable bonds is 0. The van der Waals surface area contributed by atoms with Crippen LogP contribution >= 0.6 is 0 Å². The van der Waals surface area contributed by atoms with Gasteiger partial charge in [0.1, 0.15) is 0 Å². The Morgan fingerprint density at radius 3 is 2.25 bits per heavy atom. The van der Waals surface area contributed by atoms with Crippen LogP contribution in [0.1, 0.15) is 39.0 Å². The van der Waals surface area contributed by atoms with Crippen LogP contribution in [0.25, 0.3) is 0 Å². The van der Waals surface area contributed by atoms with Gasteiger partial charge in [-0.25, -0.2) is 0 Å². The Morgan fingerprint density at radius 2 is 1.75 bits per heavy atom. The highest BCUT2D eigenvalue weighted by atomic mass is 16.5. The summed E-state index contributed by atoms with van der Waals surface area (Å²) in [6.45, 7) is 2.41. The second-order valence-corrected chi connectivity index (χ2v) is 5.45. The summed E-state index contributed by atoms with van der Waals surface area (Å²) < 4.78 is 0. The van der Waals surface area contributed by atoms with Crippen LogP contribution in [0.5, 0.6) is 0 Å². The molecule has 2 aliphatic carbocycles. The minimum atomic E-state index is 0.501. The predicted octanol–water partition coefficient (Wildman–Crippen LogP) is 2.03. The Kier molecular flexibility index (Phi) is 1.25. The molecule has 68 valence electrons. The zero-order valence-electron chi connectivity index (χ0n) is 7.66. The van der Waals surface area contributed by atoms with E-state index in [1.807, 2.05) is 0 Å². The Morgan fingerprint density at radius 1 is 1.17 bits per heavy atom. The van der Waals surface area contributed by atoms with Crippen molar-refractivity contribution in [2.75, 3.05) is 0 Å². The van der Waals surface area contributed by atoms with E-state index in [-0.39, 0.29) is 0 Å². The molecule has 0 radical (unpaired) electrons. The van der Waals surface area contributed by atoms with E-state index in [1.165, 1.54) is 32.1 Å². The van der Waals surface area contributed by atoms with Crippen molar-refractivity contribution in [3.63, 3.8) is 0 Å². The first-order valence-electron chi connectivity index (χ1n) is 5.13. The maximum atomic E-state index is 9.77. The summed E-state index contributed by atoms with van der Waals surface area (Å²) in [4.78, 5) is 0. The van der Waals surface area contributed by atoms with Crippen LogP contribution in [0.3, 0.4) is 0 Å². The molecule has 2 aliphatic heterocycles. The van der Waals surface area contributed by atoms with E-state index in [0.29, 0.717) is 17.5 Å². The van der Waals surface area contributed by atoms with Crippen molar-refractivity contribution in [1.29, 1.82) is 0 Å². The third-order valence-corrected chi connectivity index (χ3v) is 4.20. The van der Waals surface area contributed by atoms with Crippen LogP contribution in [0.2, 0.25) is 0 Å². The lowest BCUT2D eigenvalue weighted by atomic mass is 9.57. The maximum Gasteiger partial charge on any atom is 0.0361 e. The molecule has 2 saturated heterocycles. The summed E-state index contributed by atoms with van der Waals surface area (Å²) in [6.07, 6.45) is 6.39. The quantitative estimate of drug-likeness (QED) is 0.596. The largest absolute Gasteiger partial charge is 0.313 e. The molecule has 4 rings (SSSR count). The maximum absolute atomic E-state index is 9.77. The summed E-state index contributed by atoms with van der Waals surface area (Å²) >= 11 is 0. The molecule has 12 heavy (non-hydrogen) atoms. The molecular weight excluding hydrogens is 150 g/mol. The molecule has 4 fully saturated rings. The van der Waals surface area contributed by atoms with E-state index < -0.39 is 0 Å². The van der Waals surface area contributed by atoms with Gasteiger partial charge in [0.25, 0.3) is 0 Å². The minimum Gasteiger partial charge on any atom is -0.313 e. The first-order valence-corrected chi connectivity index (χ1v) is 5.13. The van der Waals surface area contributed by atoms with Crippen LogP contribution in [0, 0.1) is 11.3 Å². The summed E-state index contributed by atoms with van der Waals surface area (Å²) in [6, 6.07) is 1.00. The van der Waals surface area contributed by atoms with Crippen molar-refractivity contribution in [1.82, 2.24) is 5.06 Å². The second-order valence-electron chi connectivity index (χ2n) is 5.45. The molecule has 2 nitrogen and oxygen atoms in total. The smallest absolute Gasteiger partial charge is 0.0361 e. The molecule has 2 atom stereocenters. The van der Waals surface area contributed by atoms with Crippen LogP contribution in [-0.4, -0.2) is 22.4 Å². The summed E-state index contributed by atoms with van der Waals surface area (Å²) in [7, 11) is 0. The molecule has 4 bridgehead atoms. The normalized spacial score (nSPS) is 58.0. The summed E-state index contributed by atoms with van der Waals surface area (Å²) in [5, 5.41) is 11.4. The molecule has 0 aromatic rings. The highest BCUT2D eigenvalue weighted by Crippen LogP contribution is 2.55. The topological polar surface area (TPSA) is 23.5 Å². The van der Waals surface area contributed by atoms with Gasteiger partial charge in [0.2, 0.25) is 0 Å². The Labute approximate surface area is 73.5 Å². The van der Waals surface area contributed by atoms with Crippen molar-refractivity contribution in [2.24, 2.45) is 11.3 Å². The van der Waals surface area contributed by atoms with Gasteiger partial charge in [-0.2, -0.15) is 5.06 Å². The minimum absolute atomic E-state index is 0.501. The third-order valence-electron chi connectivity index (χ3n) is 4.20. The summed E-state index contributed by atoms with van der Waals surface area (Å²) in [5.74, 6) is 0.927. The molecule has 0 amide bonds. The SMILES string of the molecule is CC12CC3CC(C1)N(O)C(C3)C2. The molecule has 2 saturated carbocycles. The highest BCUT2D eigenvalue weighted by molar-refractivity contribution is 5.03. The number of piperidine rings is 2. The van der Waals surface area contributed by atoms with E-state index in [4.69, 9.17) is 0 Å². The van der Waals surface area contributed by atoms with E-state index in [9.17, 15) is 5.21 Å². The fourth-order valence-corrected chi connectivity index (χ4v) is 3.98. The molecule has 2 unspecified atom stereocenters. The number of hydrogen-bond acceptors (Lipinski definition) is 2. The zero-order chi connectivity index (χ0) is 8.34. The first-order chi connectivity index (χ1) is 5.66. The number of nitrogens with zero attached hydrogens (tertiary/aromatic N) is 1. The van der Waals surface area contributed by atoms with E-state index >= 15 is 0 Å². The van der Waals surface area contributed by atoms with Crippen molar-refractivity contribution in [2.45, 2.75) is 51.1 Å². The van der Waals surface area contributed by atoms with Crippen LogP contribution in [0.4, 0.5) is 0 Å². The predicted molar refractivity (Wildman–Crippen MR) is 45.9 cm³/mol. The molecule has 1 N–H and O–H groups in total. The van der Waals surface area contributed by atoms with Crippen LogP contribution in [0.15, 0.2) is 0 Å². The molecule has 0 spiro atoms. The van der Waals surface area contributed by atoms with Gasteiger partial charge < -0.3 is 5.21 Å². The molecule has 0 aromatic heterocycles. The van der Waals surface area contributed by atoms with E-state index in [2.05, 4.69) is 6.92 Å². The van der Waals surface area contributed by atoms with Crippen molar-refractivity contribution in [3.05, 3.63) is 0 Å². The number of hydroxylamine groups is 2. The lowest BCUT2D eigenvalue weighted by molar-refractivity contribution is -0.246. The van der Waals surface area contributed by atoms with Gasteiger partial charge in [-0.05, 0) is 43.4 Å². The molecule has 2 heteroatoms. The highest BCUT2D eigenvalue weighted by Gasteiger charge is 2.52. The van der Waals surface area contributed by atoms with Gasteiger partial charge in [0.15, 0.2) is 0 Å². The van der Waals surface area contributed by atoms with E-state index in [1.54, 1.807) is 5.06 Å². The number of hydrogen-bond donors (Lipinski definition) is 1. The fourth-order valence-electron chi connectivity index (χ4n) is 3.98.